The van der Waals surface area contributed by atoms with Crippen molar-refractivity contribution in [2.75, 3.05) is 18.0 Å². The third kappa shape index (κ3) is 2.43. The molecule has 0 saturated carbocycles. The average molecular weight is 259 g/mol. The highest BCUT2D eigenvalue weighted by atomic mass is 19.4. The molecule has 2 atom stereocenters. The summed E-state index contributed by atoms with van der Waals surface area (Å²) >= 11 is 0. The molecule has 0 radical (unpaired) electrons. The summed E-state index contributed by atoms with van der Waals surface area (Å²) in [6.45, 7) is 3.20. The largest absolute Gasteiger partial charge is 0.416 e. The van der Waals surface area contributed by atoms with Crippen molar-refractivity contribution in [2.24, 2.45) is 11.7 Å². The van der Waals surface area contributed by atoms with Gasteiger partial charge in [0.15, 0.2) is 0 Å². The van der Waals surface area contributed by atoms with Crippen LogP contribution in [0.3, 0.4) is 0 Å². The van der Waals surface area contributed by atoms with Crippen LogP contribution < -0.4 is 10.6 Å². The van der Waals surface area contributed by atoms with Crippen LogP contribution in [0.25, 0.3) is 0 Å². The second-order valence-electron chi connectivity index (χ2n) is 4.66. The molecule has 2 rings (SSSR count). The number of aromatic nitrogens is 1. The molecule has 1 aromatic rings. The number of alkyl halides is 3. The highest BCUT2D eigenvalue weighted by Gasteiger charge is 2.34. The fourth-order valence-corrected chi connectivity index (χ4v) is 2.40. The Morgan fingerprint density at radius 3 is 2.83 bits per heavy atom. The third-order valence-electron chi connectivity index (χ3n) is 3.49. The van der Waals surface area contributed by atoms with Crippen LogP contribution in [-0.2, 0) is 6.18 Å². The zero-order valence-corrected chi connectivity index (χ0v) is 10.1. The maximum absolute atomic E-state index is 12.6. The number of nitrogens with two attached hydrogens (primary N) is 1. The van der Waals surface area contributed by atoms with Crippen LogP contribution in [0.5, 0.6) is 0 Å². The maximum atomic E-state index is 12.6. The van der Waals surface area contributed by atoms with Crippen molar-refractivity contribution in [2.45, 2.75) is 25.6 Å². The van der Waals surface area contributed by atoms with Gasteiger partial charge in [0.2, 0.25) is 0 Å². The SMILES string of the molecule is CC1CCN(c2cc(C(F)(F)F)ccn2)C1CN. The van der Waals surface area contributed by atoms with Crippen molar-refractivity contribution in [1.82, 2.24) is 4.98 Å². The van der Waals surface area contributed by atoms with Crippen LogP contribution in [0.2, 0.25) is 0 Å². The molecule has 1 fully saturated rings. The van der Waals surface area contributed by atoms with E-state index in [4.69, 9.17) is 5.73 Å². The first-order valence-electron chi connectivity index (χ1n) is 5.93. The summed E-state index contributed by atoms with van der Waals surface area (Å²) in [5.74, 6) is 0.746. The minimum atomic E-state index is -4.33. The van der Waals surface area contributed by atoms with Gasteiger partial charge in [0.05, 0.1) is 5.56 Å². The van der Waals surface area contributed by atoms with Gasteiger partial charge in [-0.05, 0) is 24.5 Å². The molecule has 3 nitrogen and oxygen atoms in total. The van der Waals surface area contributed by atoms with Crippen molar-refractivity contribution in [1.29, 1.82) is 0 Å². The van der Waals surface area contributed by atoms with E-state index >= 15 is 0 Å². The lowest BCUT2D eigenvalue weighted by molar-refractivity contribution is -0.137. The first kappa shape index (κ1) is 13.1. The fraction of sp³-hybridized carbons (Fsp3) is 0.583. The van der Waals surface area contributed by atoms with Gasteiger partial charge < -0.3 is 10.6 Å². The van der Waals surface area contributed by atoms with Gasteiger partial charge in [-0.3, -0.25) is 0 Å². The molecule has 6 heteroatoms. The number of pyridine rings is 1. The highest BCUT2D eigenvalue weighted by molar-refractivity contribution is 5.44. The molecule has 1 aromatic heterocycles. The first-order chi connectivity index (χ1) is 8.43. The molecular weight excluding hydrogens is 243 g/mol. The van der Waals surface area contributed by atoms with Crippen LogP contribution >= 0.6 is 0 Å². The highest BCUT2D eigenvalue weighted by Crippen LogP contribution is 2.33. The van der Waals surface area contributed by atoms with Crippen molar-refractivity contribution in [3.05, 3.63) is 23.9 Å². The van der Waals surface area contributed by atoms with Gasteiger partial charge in [-0.15, -0.1) is 0 Å². The van der Waals surface area contributed by atoms with E-state index < -0.39 is 11.7 Å². The van der Waals surface area contributed by atoms with Gasteiger partial charge in [-0.2, -0.15) is 13.2 Å². The minimum Gasteiger partial charge on any atom is -0.352 e. The third-order valence-corrected chi connectivity index (χ3v) is 3.49. The summed E-state index contributed by atoms with van der Waals surface area (Å²) in [5.41, 5.74) is 5.02. The molecule has 0 aliphatic carbocycles. The molecule has 2 unspecified atom stereocenters. The zero-order chi connectivity index (χ0) is 13.3. The van der Waals surface area contributed by atoms with Gasteiger partial charge in [-0.1, -0.05) is 6.92 Å². The minimum absolute atomic E-state index is 0.0704. The zero-order valence-electron chi connectivity index (χ0n) is 10.1. The topological polar surface area (TPSA) is 42.2 Å². The van der Waals surface area contributed by atoms with Gasteiger partial charge in [0, 0.05) is 25.3 Å². The predicted molar refractivity (Wildman–Crippen MR) is 63.2 cm³/mol. The second-order valence-corrected chi connectivity index (χ2v) is 4.66. The van der Waals surface area contributed by atoms with Gasteiger partial charge in [0.1, 0.15) is 5.82 Å². The van der Waals surface area contributed by atoms with E-state index in [1.165, 1.54) is 6.20 Å². The smallest absolute Gasteiger partial charge is 0.352 e. The molecular formula is C12H16F3N3. The normalized spacial score (nSPS) is 24.6. The lowest BCUT2D eigenvalue weighted by atomic mass is 10.0. The molecule has 0 spiro atoms. The van der Waals surface area contributed by atoms with E-state index in [1.807, 2.05) is 4.90 Å². The van der Waals surface area contributed by atoms with E-state index in [0.717, 1.165) is 18.6 Å². The van der Waals surface area contributed by atoms with Crippen LogP contribution in [0.1, 0.15) is 18.9 Å². The molecule has 1 aliphatic rings. The number of anilines is 1. The summed E-state index contributed by atoms with van der Waals surface area (Å²) in [7, 11) is 0. The molecule has 1 aliphatic heterocycles. The Labute approximate surface area is 104 Å². The van der Waals surface area contributed by atoms with Crippen molar-refractivity contribution < 1.29 is 13.2 Å². The number of nitrogens with zero attached hydrogens (tertiary/aromatic N) is 2. The Hall–Kier alpha value is -1.30. The van der Waals surface area contributed by atoms with Crippen LogP contribution in [-0.4, -0.2) is 24.1 Å². The van der Waals surface area contributed by atoms with Crippen LogP contribution in [0, 0.1) is 5.92 Å². The molecule has 1 saturated heterocycles. The maximum Gasteiger partial charge on any atom is 0.416 e. The predicted octanol–water partition coefficient (Wildman–Crippen LogP) is 2.27. The van der Waals surface area contributed by atoms with Gasteiger partial charge >= 0.3 is 6.18 Å². The molecule has 0 amide bonds. The van der Waals surface area contributed by atoms with E-state index in [-0.39, 0.29) is 6.04 Å². The Balaban J connectivity index is 2.29. The Morgan fingerprint density at radius 1 is 1.50 bits per heavy atom. The average Bonchev–Trinajstić information content (AvgIpc) is 2.69. The number of hydrogen-bond acceptors (Lipinski definition) is 3. The number of hydrogen-bond donors (Lipinski definition) is 1. The molecule has 100 valence electrons. The second kappa shape index (κ2) is 4.76. The lowest BCUT2D eigenvalue weighted by Crippen LogP contribution is -2.38. The van der Waals surface area contributed by atoms with Crippen LogP contribution in [0.4, 0.5) is 19.0 Å². The van der Waals surface area contributed by atoms with Crippen molar-refractivity contribution in [3.63, 3.8) is 0 Å². The van der Waals surface area contributed by atoms with Gasteiger partial charge in [-0.25, -0.2) is 4.98 Å². The Morgan fingerprint density at radius 2 is 2.22 bits per heavy atom. The van der Waals surface area contributed by atoms with E-state index in [2.05, 4.69) is 11.9 Å². The summed E-state index contributed by atoms with van der Waals surface area (Å²) < 4.78 is 37.9. The monoisotopic (exact) mass is 259 g/mol. The summed E-state index contributed by atoms with van der Waals surface area (Å²) in [5, 5.41) is 0. The molecule has 18 heavy (non-hydrogen) atoms. The Bertz CT molecular complexity index is 419. The number of halogens is 3. The summed E-state index contributed by atoms with van der Waals surface area (Å²) in [6, 6.07) is 2.15. The fourth-order valence-electron chi connectivity index (χ4n) is 2.40. The first-order valence-corrected chi connectivity index (χ1v) is 5.93. The molecule has 2 heterocycles. The van der Waals surface area contributed by atoms with E-state index in [9.17, 15) is 13.2 Å². The lowest BCUT2D eigenvalue weighted by Gasteiger charge is -2.27. The van der Waals surface area contributed by atoms with Crippen molar-refractivity contribution in [3.8, 4) is 0 Å². The van der Waals surface area contributed by atoms with E-state index in [0.29, 0.717) is 24.8 Å². The van der Waals surface area contributed by atoms with E-state index in [1.54, 1.807) is 0 Å². The molecule has 2 N–H and O–H groups in total. The molecule has 0 bridgehead atoms. The van der Waals surface area contributed by atoms with Gasteiger partial charge in [0.25, 0.3) is 0 Å². The van der Waals surface area contributed by atoms with Crippen LogP contribution in [0.15, 0.2) is 18.3 Å². The summed E-state index contributed by atoms with van der Waals surface area (Å²) in [4.78, 5) is 5.91. The standard InChI is InChI=1S/C12H16F3N3/c1-8-3-5-18(10(8)7-16)11-6-9(2-4-17-11)12(13,14)15/h2,4,6,8,10H,3,5,7,16H2,1H3. The summed E-state index contributed by atoms with van der Waals surface area (Å²) in [6.07, 6.45) is -2.20. The quantitative estimate of drug-likeness (QED) is 0.886. The number of rotatable bonds is 2. The molecule has 0 aromatic carbocycles. The Kier molecular flexibility index (Phi) is 3.47. The van der Waals surface area contributed by atoms with Crippen molar-refractivity contribution >= 4 is 5.82 Å².